The molecule has 0 radical (unpaired) electrons. The van der Waals surface area contributed by atoms with Gasteiger partial charge >= 0.3 is 0 Å². The summed E-state index contributed by atoms with van der Waals surface area (Å²) in [5.41, 5.74) is 13.2. The van der Waals surface area contributed by atoms with Crippen molar-refractivity contribution in [3.8, 4) is 5.75 Å². The van der Waals surface area contributed by atoms with Crippen LogP contribution in [-0.4, -0.2) is 12.9 Å². The zero-order valence-electron chi connectivity index (χ0n) is 9.86. The summed E-state index contributed by atoms with van der Waals surface area (Å²) < 4.78 is 5.18. The van der Waals surface area contributed by atoms with E-state index in [4.69, 9.17) is 16.2 Å². The molecule has 4 N–H and O–H groups in total. The number of hydrogen-bond donors (Lipinski definition) is 2. The van der Waals surface area contributed by atoms with Crippen LogP contribution in [0.3, 0.4) is 0 Å². The predicted molar refractivity (Wildman–Crippen MR) is 67.1 cm³/mol. The molecule has 0 saturated heterocycles. The van der Waals surface area contributed by atoms with Crippen LogP contribution in [0.1, 0.15) is 25.3 Å². The average Bonchev–Trinajstić information content (AvgIpc) is 2.29. The van der Waals surface area contributed by atoms with E-state index in [0.717, 1.165) is 29.8 Å². The van der Waals surface area contributed by atoms with Crippen molar-refractivity contribution in [1.82, 2.24) is 0 Å². The fraction of sp³-hybridized carbons (Fsp3) is 0.417. The number of hydrogen-bond acceptors (Lipinski definition) is 3. The molecule has 88 valence electrons. The van der Waals surface area contributed by atoms with Crippen molar-refractivity contribution in [3.63, 3.8) is 0 Å². The van der Waals surface area contributed by atoms with Crippen LogP contribution in [0.5, 0.6) is 5.75 Å². The van der Waals surface area contributed by atoms with E-state index in [0.29, 0.717) is 12.4 Å². The van der Waals surface area contributed by atoms with E-state index < -0.39 is 0 Å². The van der Waals surface area contributed by atoms with E-state index in [2.05, 4.69) is 11.9 Å². The van der Waals surface area contributed by atoms with Crippen LogP contribution in [0.2, 0.25) is 0 Å². The molecule has 0 fully saturated rings. The zero-order valence-corrected chi connectivity index (χ0v) is 9.86. The molecule has 0 aliphatic carbocycles. The van der Waals surface area contributed by atoms with E-state index in [1.807, 2.05) is 18.2 Å². The molecule has 0 aliphatic heterocycles. The second kappa shape index (κ2) is 6.12. The Morgan fingerprint density at radius 3 is 2.75 bits per heavy atom. The molecule has 1 aromatic rings. The van der Waals surface area contributed by atoms with Crippen molar-refractivity contribution in [2.45, 2.75) is 26.3 Å². The number of aliphatic imine (C=N–C) groups is 1. The topological polar surface area (TPSA) is 73.6 Å². The molecule has 0 aromatic heterocycles. The number of rotatable bonds is 5. The van der Waals surface area contributed by atoms with Gasteiger partial charge in [-0.25, -0.2) is 4.99 Å². The lowest BCUT2D eigenvalue weighted by Gasteiger charge is -2.07. The number of ether oxygens (including phenoxy) is 1. The first-order chi connectivity index (χ1) is 7.71. The molecule has 0 unspecified atom stereocenters. The second-order valence-electron chi connectivity index (χ2n) is 3.55. The SMILES string of the molecule is CCCC(N)=Nc1ccc(OC)c(CN)c1. The van der Waals surface area contributed by atoms with Gasteiger partial charge in [0.1, 0.15) is 5.75 Å². The largest absolute Gasteiger partial charge is 0.496 e. The van der Waals surface area contributed by atoms with Crippen molar-refractivity contribution in [2.24, 2.45) is 16.5 Å². The Kier molecular flexibility index (Phi) is 4.79. The maximum atomic E-state index is 5.77. The van der Waals surface area contributed by atoms with Gasteiger partial charge in [0, 0.05) is 18.5 Å². The molecule has 4 nitrogen and oxygen atoms in total. The van der Waals surface area contributed by atoms with Crippen LogP contribution in [-0.2, 0) is 6.54 Å². The molecule has 0 bridgehead atoms. The van der Waals surface area contributed by atoms with Crippen molar-refractivity contribution >= 4 is 11.5 Å². The minimum absolute atomic E-state index is 0.431. The van der Waals surface area contributed by atoms with Gasteiger partial charge in [-0.1, -0.05) is 6.92 Å². The van der Waals surface area contributed by atoms with E-state index in [-0.39, 0.29) is 0 Å². The van der Waals surface area contributed by atoms with Crippen LogP contribution in [0.25, 0.3) is 0 Å². The van der Waals surface area contributed by atoms with Gasteiger partial charge < -0.3 is 16.2 Å². The highest BCUT2D eigenvalue weighted by Crippen LogP contribution is 2.23. The Balaban J connectivity index is 2.94. The molecule has 16 heavy (non-hydrogen) atoms. The molecule has 4 heteroatoms. The normalized spacial score (nSPS) is 11.6. The summed E-state index contributed by atoms with van der Waals surface area (Å²) in [4.78, 5) is 4.32. The summed E-state index contributed by atoms with van der Waals surface area (Å²) in [5, 5.41) is 0. The van der Waals surface area contributed by atoms with E-state index in [9.17, 15) is 0 Å². The first-order valence-electron chi connectivity index (χ1n) is 5.41. The maximum Gasteiger partial charge on any atom is 0.123 e. The van der Waals surface area contributed by atoms with E-state index in [1.165, 1.54) is 0 Å². The molecule has 0 atom stereocenters. The Labute approximate surface area is 96.3 Å². The molecule has 0 spiro atoms. The molecular formula is C12H19N3O. The van der Waals surface area contributed by atoms with Gasteiger partial charge in [0.2, 0.25) is 0 Å². The monoisotopic (exact) mass is 221 g/mol. The standard InChI is InChI=1S/C12H19N3O/c1-3-4-12(14)15-10-5-6-11(16-2)9(7-10)8-13/h5-7H,3-4,8,13H2,1-2H3,(H2,14,15). The number of nitrogens with two attached hydrogens (primary N) is 2. The van der Waals surface area contributed by atoms with E-state index in [1.54, 1.807) is 7.11 Å². The molecule has 1 aromatic carbocycles. The van der Waals surface area contributed by atoms with Crippen molar-refractivity contribution in [3.05, 3.63) is 23.8 Å². The Morgan fingerprint density at radius 2 is 2.19 bits per heavy atom. The van der Waals surface area contributed by atoms with Gasteiger partial charge in [0.15, 0.2) is 0 Å². The lowest BCUT2D eigenvalue weighted by molar-refractivity contribution is 0.410. The van der Waals surface area contributed by atoms with Crippen LogP contribution in [0, 0.1) is 0 Å². The summed E-state index contributed by atoms with van der Waals surface area (Å²) in [6, 6.07) is 5.64. The fourth-order valence-electron chi connectivity index (χ4n) is 1.47. The third kappa shape index (κ3) is 3.24. The van der Waals surface area contributed by atoms with Crippen LogP contribution in [0.4, 0.5) is 5.69 Å². The van der Waals surface area contributed by atoms with Gasteiger partial charge in [-0.05, 0) is 24.6 Å². The lowest BCUT2D eigenvalue weighted by Crippen LogP contribution is -2.10. The van der Waals surface area contributed by atoms with Crippen molar-refractivity contribution in [1.29, 1.82) is 0 Å². The summed E-state index contributed by atoms with van der Waals surface area (Å²) in [5.74, 6) is 1.44. The fourth-order valence-corrected chi connectivity index (χ4v) is 1.47. The summed E-state index contributed by atoms with van der Waals surface area (Å²) in [7, 11) is 1.63. The van der Waals surface area contributed by atoms with Gasteiger partial charge in [-0.3, -0.25) is 0 Å². The van der Waals surface area contributed by atoms with Gasteiger partial charge in [-0.2, -0.15) is 0 Å². The third-order valence-corrected chi connectivity index (χ3v) is 2.26. The second-order valence-corrected chi connectivity index (χ2v) is 3.55. The van der Waals surface area contributed by atoms with Crippen molar-refractivity contribution < 1.29 is 4.74 Å². The number of nitrogens with zero attached hydrogens (tertiary/aromatic N) is 1. The van der Waals surface area contributed by atoms with Crippen LogP contribution < -0.4 is 16.2 Å². The van der Waals surface area contributed by atoms with Crippen LogP contribution >= 0.6 is 0 Å². The quantitative estimate of drug-likeness (QED) is 0.589. The Bertz CT molecular complexity index is 375. The Morgan fingerprint density at radius 1 is 1.44 bits per heavy atom. The molecule has 0 heterocycles. The zero-order chi connectivity index (χ0) is 12.0. The smallest absolute Gasteiger partial charge is 0.123 e. The molecular weight excluding hydrogens is 202 g/mol. The first-order valence-corrected chi connectivity index (χ1v) is 5.41. The maximum absolute atomic E-state index is 5.77. The van der Waals surface area contributed by atoms with E-state index >= 15 is 0 Å². The molecule has 0 aliphatic rings. The lowest BCUT2D eigenvalue weighted by atomic mass is 10.2. The highest BCUT2D eigenvalue weighted by molar-refractivity contribution is 5.83. The highest BCUT2D eigenvalue weighted by Gasteiger charge is 2.02. The first kappa shape index (κ1) is 12.5. The summed E-state index contributed by atoms with van der Waals surface area (Å²) >= 11 is 0. The summed E-state index contributed by atoms with van der Waals surface area (Å²) in [6.45, 7) is 2.50. The third-order valence-electron chi connectivity index (χ3n) is 2.26. The van der Waals surface area contributed by atoms with Gasteiger partial charge in [0.25, 0.3) is 0 Å². The number of benzene rings is 1. The minimum atomic E-state index is 0.431. The van der Waals surface area contributed by atoms with Gasteiger partial charge in [-0.15, -0.1) is 0 Å². The van der Waals surface area contributed by atoms with Gasteiger partial charge in [0.05, 0.1) is 18.6 Å². The number of methoxy groups -OCH3 is 1. The molecule has 0 amide bonds. The van der Waals surface area contributed by atoms with Crippen LogP contribution in [0.15, 0.2) is 23.2 Å². The average molecular weight is 221 g/mol. The van der Waals surface area contributed by atoms with Crippen molar-refractivity contribution in [2.75, 3.05) is 7.11 Å². The number of amidine groups is 1. The molecule has 1 rings (SSSR count). The predicted octanol–water partition coefficient (Wildman–Crippen LogP) is 1.94. The minimum Gasteiger partial charge on any atom is -0.496 e. The summed E-state index contributed by atoms with van der Waals surface area (Å²) in [6.07, 6.45) is 1.80. The highest BCUT2D eigenvalue weighted by atomic mass is 16.5. The molecule has 0 saturated carbocycles. The Hall–Kier alpha value is -1.55.